The second-order valence-corrected chi connectivity index (χ2v) is 6.90. The quantitative estimate of drug-likeness (QED) is 0.827. The number of nitrogens with one attached hydrogen (secondary N) is 1. The monoisotopic (exact) mass is 264 g/mol. The zero-order valence-corrected chi connectivity index (χ0v) is 11.9. The van der Waals surface area contributed by atoms with E-state index < -0.39 is 5.54 Å². The molecule has 1 N–H and O–H groups in total. The van der Waals surface area contributed by atoms with Crippen LogP contribution >= 0.6 is 0 Å². The molecule has 0 aromatic rings. The average molecular weight is 264 g/mol. The summed E-state index contributed by atoms with van der Waals surface area (Å²) in [4.78, 5) is 27.1. The van der Waals surface area contributed by atoms with Gasteiger partial charge in [0, 0.05) is 6.04 Å². The molecule has 106 valence electrons. The Kier molecular flexibility index (Phi) is 3.06. The average Bonchev–Trinajstić information content (AvgIpc) is 3.18. The van der Waals surface area contributed by atoms with Crippen LogP contribution in [0.3, 0.4) is 0 Å². The van der Waals surface area contributed by atoms with Crippen molar-refractivity contribution < 1.29 is 9.59 Å². The van der Waals surface area contributed by atoms with E-state index in [9.17, 15) is 9.59 Å². The standard InChI is InChI=1S/C15H24N2O2/c1-15(2)14(19)17(11-6-4-3-5-7-11)12(10-8-9-10)13(18)16-15/h10-12H,3-9H2,1-2H3,(H,16,18). The van der Waals surface area contributed by atoms with Gasteiger partial charge in [0.15, 0.2) is 0 Å². The van der Waals surface area contributed by atoms with E-state index >= 15 is 0 Å². The maximum Gasteiger partial charge on any atom is 0.248 e. The van der Waals surface area contributed by atoms with Crippen molar-refractivity contribution in [3.05, 3.63) is 0 Å². The molecule has 2 saturated carbocycles. The van der Waals surface area contributed by atoms with Gasteiger partial charge in [-0.2, -0.15) is 0 Å². The van der Waals surface area contributed by atoms with Crippen LogP contribution in [0.25, 0.3) is 0 Å². The van der Waals surface area contributed by atoms with Gasteiger partial charge in [0.1, 0.15) is 11.6 Å². The van der Waals surface area contributed by atoms with Gasteiger partial charge in [-0.15, -0.1) is 0 Å². The molecule has 0 aromatic carbocycles. The molecule has 1 saturated heterocycles. The van der Waals surface area contributed by atoms with Crippen molar-refractivity contribution in [2.24, 2.45) is 5.92 Å². The summed E-state index contributed by atoms with van der Waals surface area (Å²) in [5, 5.41) is 2.92. The number of carbonyl (C=O) groups is 2. The highest BCUT2D eigenvalue weighted by Gasteiger charge is 2.52. The lowest BCUT2D eigenvalue weighted by Crippen LogP contribution is -2.70. The summed E-state index contributed by atoms with van der Waals surface area (Å²) < 4.78 is 0. The molecule has 1 atom stereocenters. The third-order valence-electron chi connectivity index (χ3n) is 4.81. The van der Waals surface area contributed by atoms with Crippen molar-refractivity contribution in [3.8, 4) is 0 Å². The third-order valence-corrected chi connectivity index (χ3v) is 4.81. The molecule has 0 bridgehead atoms. The predicted molar refractivity (Wildman–Crippen MR) is 72.5 cm³/mol. The van der Waals surface area contributed by atoms with Crippen LogP contribution in [0.15, 0.2) is 0 Å². The van der Waals surface area contributed by atoms with Crippen LogP contribution < -0.4 is 5.32 Å². The van der Waals surface area contributed by atoms with Gasteiger partial charge >= 0.3 is 0 Å². The Labute approximate surface area is 114 Å². The van der Waals surface area contributed by atoms with Crippen LogP contribution in [0.5, 0.6) is 0 Å². The fraction of sp³-hybridized carbons (Fsp3) is 0.867. The lowest BCUT2D eigenvalue weighted by molar-refractivity contribution is -0.158. The summed E-state index contributed by atoms with van der Waals surface area (Å²) in [6.45, 7) is 3.65. The number of hydrogen-bond acceptors (Lipinski definition) is 2. The van der Waals surface area contributed by atoms with E-state index in [1.807, 2.05) is 18.7 Å². The minimum atomic E-state index is -0.736. The Morgan fingerprint density at radius 2 is 1.68 bits per heavy atom. The molecule has 1 aliphatic heterocycles. The van der Waals surface area contributed by atoms with Crippen molar-refractivity contribution >= 4 is 11.8 Å². The number of piperazine rings is 1. The van der Waals surface area contributed by atoms with Gasteiger partial charge in [0.05, 0.1) is 0 Å². The first-order valence-corrected chi connectivity index (χ1v) is 7.65. The molecular weight excluding hydrogens is 240 g/mol. The molecule has 0 spiro atoms. The molecule has 1 heterocycles. The summed E-state index contributed by atoms with van der Waals surface area (Å²) >= 11 is 0. The van der Waals surface area contributed by atoms with Crippen molar-refractivity contribution in [2.75, 3.05) is 0 Å². The molecule has 1 unspecified atom stereocenters. The second kappa shape index (κ2) is 4.50. The van der Waals surface area contributed by atoms with Crippen LogP contribution in [0.2, 0.25) is 0 Å². The van der Waals surface area contributed by atoms with Gasteiger partial charge < -0.3 is 10.2 Å². The molecule has 2 aliphatic carbocycles. The maximum atomic E-state index is 12.7. The van der Waals surface area contributed by atoms with Crippen molar-refractivity contribution in [1.82, 2.24) is 10.2 Å². The molecule has 0 aromatic heterocycles. The summed E-state index contributed by atoms with van der Waals surface area (Å²) in [5.74, 6) is 0.593. The topological polar surface area (TPSA) is 49.4 Å². The Hall–Kier alpha value is -1.06. The molecule has 0 radical (unpaired) electrons. The zero-order valence-electron chi connectivity index (χ0n) is 11.9. The molecule has 2 amide bonds. The van der Waals surface area contributed by atoms with Crippen LogP contribution in [0.4, 0.5) is 0 Å². The number of amides is 2. The van der Waals surface area contributed by atoms with Crippen LogP contribution in [-0.4, -0.2) is 34.3 Å². The largest absolute Gasteiger partial charge is 0.340 e. The fourth-order valence-electron chi connectivity index (χ4n) is 3.62. The first-order valence-electron chi connectivity index (χ1n) is 7.65. The fourth-order valence-corrected chi connectivity index (χ4v) is 3.62. The van der Waals surface area contributed by atoms with E-state index in [1.54, 1.807) is 0 Å². The first-order chi connectivity index (χ1) is 9.00. The molecular formula is C15H24N2O2. The molecule has 4 heteroatoms. The SMILES string of the molecule is CC1(C)NC(=O)C(C2CC2)N(C2CCCCC2)C1=O. The summed E-state index contributed by atoms with van der Waals surface area (Å²) in [7, 11) is 0. The number of nitrogens with zero attached hydrogens (tertiary/aromatic N) is 1. The highest BCUT2D eigenvalue weighted by molar-refractivity contribution is 5.99. The smallest absolute Gasteiger partial charge is 0.248 e. The minimum Gasteiger partial charge on any atom is -0.340 e. The Morgan fingerprint density at radius 3 is 2.26 bits per heavy atom. The van der Waals surface area contributed by atoms with Crippen molar-refractivity contribution in [1.29, 1.82) is 0 Å². The second-order valence-electron chi connectivity index (χ2n) is 6.90. The summed E-state index contributed by atoms with van der Waals surface area (Å²) in [6, 6.07) is 0.0980. The molecule has 3 fully saturated rings. The van der Waals surface area contributed by atoms with E-state index in [2.05, 4.69) is 5.32 Å². The van der Waals surface area contributed by atoms with Gasteiger partial charge in [-0.25, -0.2) is 0 Å². The number of hydrogen-bond donors (Lipinski definition) is 1. The predicted octanol–water partition coefficient (Wildman–Crippen LogP) is 1.83. The van der Waals surface area contributed by atoms with Gasteiger partial charge in [-0.3, -0.25) is 9.59 Å². The van der Waals surface area contributed by atoms with Crippen LogP contribution in [0, 0.1) is 5.92 Å². The Morgan fingerprint density at radius 1 is 1.05 bits per heavy atom. The van der Waals surface area contributed by atoms with Gasteiger partial charge in [0.25, 0.3) is 0 Å². The number of rotatable bonds is 2. The van der Waals surface area contributed by atoms with Gasteiger partial charge in [0.2, 0.25) is 11.8 Å². The van der Waals surface area contributed by atoms with E-state index in [4.69, 9.17) is 0 Å². The van der Waals surface area contributed by atoms with Crippen LogP contribution in [-0.2, 0) is 9.59 Å². The van der Waals surface area contributed by atoms with Gasteiger partial charge in [-0.05, 0) is 45.4 Å². The van der Waals surface area contributed by atoms with E-state index in [1.165, 1.54) is 19.3 Å². The van der Waals surface area contributed by atoms with Gasteiger partial charge in [-0.1, -0.05) is 19.3 Å². The van der Waals surface area contributed by atoms with Crippen molar-refractivity contribution in [2.45, 2.75) is 76.4 Å². The zero-order chi connectivity index (χ0) is 13.6. The summed E-state index contributed by atoms with van der Waals surface area (Å²) in [5.41, 5.74) is -0.736. The Balaban J connectivity index is 1.89. The third kappa shape index (κ3) is 2.26. The minimum absolute atomic E-state index is 0.0673. The van der Waals surface area contributed by atoms with E-state index in [0.29, 0.717) is 5.92 Å². The molecule has 19 heavy (non-hydrogen) atoms. The van der Waals surface area contributed by atoms with E-state index in [0.717, 1.165) is 25.7 Å². The Bertz CT molecular complexity index is 395. The van der Waals surface area contributed by atoms with Crippen LogP contribution in [0.1, 0.15) is 58.8 Å². The molecule has 3 aliphatic rings. The van der Waals surface area contributed by atoms with Crippen molar-refractivity contribution in [3.63, 3.8) is 0 Å². The highest BCUT2D eigenvalue weighted by Crippen LogP contribution is 2.40. The molecule has 3 rings (SSSR count). The first kappa shape index (κ1) is 12.9. The lowest BCUT2D eigenvalue weighted by Gasteiger charge is -2.47. The highest BCUT2D eigenvalue weighted by atomic mass is 16.2. The van der Waals surface area contributed by atoms with E-state index in [-0.39, 0.29) is 23.9 Å². The molecule has 4 nitrogen and oxygen atoms in total. The maximum absolute atomic E-state index is 12.7. The number of carbonyl (C=O) groups excluding carboxylic acids is 2. The lowest BCUT2D eigenvalue weighted by atomic mass is 9.87. The normalized spacial score (nSPS) is 32.3. The summed E-state index contributed by atoms with van der Waals surface area (Å²) in [6.07, 6.45) is 7.96.